The Morgan fingerprint density at radius 3 is 2.73 bits per heavy atom. The molecule has 3 unspecified atom stereocenters. The van der Waals surface area contributed by atoms with E-state index in [9.17, 15) is 4.79 Å². The molecular formula is C14H22O. The summed E-state index contributed by atoms with van der Waals surface area (Å²) in [5, 5.41) is 0. The Bertz CT molecular complexity index is 311. The second-order valence-corrected chi connectivity index (χ2v) is 6.11. The van der Waals surface area contributed by atoms with Crippen LogP contribution in [0, 0.1) is 23.2 Å². The largest absolute Gasteiger partial charge is 0.300 e. The lowest BCUT2D eigenvalue weighted by atomic mass is 9.74. The first-order chi connectivity index (χ1) is 6.92. The molecule has 1 saturated carbocycles. The van der Waals surface area contributed by atoms with Crippen LogP contribution < -0.4 is 0 Å². The molecular weight excluding hydrogens is 184 g/mol. The maximum absolute atomic E-state index is 11.4. The Hall–Kier alpha value is -0.590. The summed E-state index contributed by atoms with van der Waals surface area (Å²) < 4.78 is 0. The van der Waals surface area contributed by atoms with Crippen LogP contribution in [-0.2, 0) is 4.79 Å². The van der Waals surface area contributed by atoms with Crippen molar-refractivity contribution in [2.24, 2.45) is 23.2 Å². The number of hydrogen-bond donors (Lipinski definition) is 0. The number of rotatable bonds is 1. The number of fused-ring (bicyclic) bond motifs is 1. The summed E-state index contributed by atoms with van der Waals surface area (Å²) in [6.07, 6.45) is 5.74. The van der Waals surface area contributed by atoms with Crippen molar-refractivity contribution in [1.82, 2.24) is 0 Å². The van der Waals surface area contributed by atoms with Crippen molar-refractivity contribution in [2.75, 3.05) is 0 Å². The monoisotopic (exact) mass is 206 g/mol. The molecule has 3 atom stereocenters. The van der Waals surface area contributed by atoms with E-state index in [0.717, 1.165) is 18.8 Å². The smallest absolute Gasteiger partial charge is 0.133 e. The highest BCUT2D eigenvalue weighted by atomic mass is 16.1. The van der Waals surface area contributed by atoms with Crippen LogP contribution in [0.25, 0.3) is 0 Å². The summed E-state index contributed by atoms with van der Waals surface area (Å²) in [4.78, 5) is 11.4. The number of hydrogen-bond acceptors (Lipinski definition) is 1. The molecule has 0 bridgehead atoms. The lowest BCUT2D eigenvalue weighted by molar-refractivity contribution is -0.121. The number of Topliss-reactive ketones (excluding diaryl/α,β-unsaturated/α-hetero) is 1. The van der Waals surface area contributed by atoms with Gasteiger partial charge in [-0.1, -0.05) is 32.4 Å². The van der Waals surface area contributed by atoms with Crippen molar-refractivity contribution in [3.63, 3.8) is 0 Å². The molecule has 2 aliphatic carbocycles. The van der Waals surface area contributed by atoms with Crippen LogP contribution in [-0.4, -0.2) is 5.78 Å². The lowest BCUT2D eigenvalue weighted by Gasteiger charge is -2.30. The molecule has 0 N–H and O–H groups in total. The number of carbonyl (C=O) groups is 1. The van der Waals surface area contributed by atoms with E-state index in [1.165, 1.54) is 6.42 Å². The van der Waals surface area contributed by atoms with E-state index in [1.54, 1.807) is 12.5 Å². The van der Waals surface area contributed by atoms with E-state index in [1.807, 2.05) is 0 Å². The standard InChI is InChI=1S/C14H22O/c1-9-8-14(3,4)13-6-5-11(10(2)15)7-12(9)13/h6,9,11-12H,5,7-8H2,1-4H3. The first-order valence-corrected chi connectivity index (χ1v) is 6.13. The van der Waals surface area contributed by atoms with Crippen LogP contribution in [0.2, 0.25) is 0 Å². The Labute approximate surface area is 92.9 Å². The van der Waals surface area contributed by atoms with E-state index < -0.39 is 0 Å². The normalized spacial score (nSPS) is 38.4. The average Bonchev–Trinajstić information content (AvgIpc) is 2.37. The molecule has 0 saturated heterocycles. The summed E-state index contributed by atoms with van der Waals surface area (Å²) in [6, 6.07) is 0. The fraction of sp³-hybridized carbons (Fsp3) is 0.786. The Morgan fingerprint density at radius 1 is 1.47 bits per heavy atom. The van der Waals surface area contributed by atoms with Gasteiger partial charge in [0.1, 0.15) is 5.78 Å². The zero-order valence-electron chi connectivity index (χ0n) is 10.3. The first kappa shape index (κ1) is 10.9. The molecule has 0 amide bonds. The Balaban J connectivity index is 2.25. The maximum atomic E-state index is 11.4. The third-order valence-corrected chi connectivity index (χ3v) is 4.44. The molecule has 84 valence electrons. The predicted molar refractivity (Wildman–Crippen MR) is 62.5 cm³/mol. The summed E-state index contributed by atoms with van der Waals surface area (Å²) in [5.41, 5.74) is 2.01. The van der Waals surface area contributed by atoms with E-state index >= 15 is 0 Å². The van der Waals surface area contributed by atoms with Gasteiger partial charge in [-0.05, 0) is 43.4 Å². The maximum Gasteiger partial charge on any atom is 0.133 e. The van der Waals surface area contributed by atoms with Gasteiger partial charge in [-0.3, -0.25) is 4.79 Å². The van der Waals surface area contributed by atoms with Gasteiger partial charge >= 0.3 is 0 Å². The third kappa shape index (κ3) is 1.77. The highest BCUT2D eigenvalue weighted by Gasteiger charge is 2.44. The lowest BCUT2D eigenvalue weighted by Crippen LogP contribution is -2.23. The van der Waals surface area contributed by atoms with Crippen molar-refractivity contribution >= 4 is 5.78 Å². The molecule has 2 rings (SSSR count). The van der Waals surface area contributed by atoms with Gasteiger partial charge in [-0.15, -0.1) is 0 Å². The zero-order valence-corrected chi connectivity index (χ0v) is 10.3. The highest BCUT2D eigenvalue weighted by Crippen LogP contribution is 2.53. The SMILES string of the molecule is CC(=O)C1CC=C2C(C1)C(C)CC2(C)C. The summed E-state index contributed by atoms with van der Waals surface area (Å²) in [7, 11) is 0. The van der Waals surface area contributed by atoms with Crippen LogP contribution >= 0.6 is 0 Å². The number of ketones is 1. The van der Waals surface area contributed by atoms with E-state index in [2.05, 4.69) is 26.8 Å². The molecule has 2 aliphatic rings. The van der Waals surface area contributed by atoms with Crippen molar-refractivity contribution < 1.29 is 4.79 Å². The van der Waals surface area contributed by atoms with Gasteiger partial charge in [0.15, 0.2) is 0 Å². The molecule has 0 radical (unpaired) electrons. The van der Waals surface area contributed by atoms with Crippen molar-refractivity contribution in [3.05, 3.63) is 11.6 Å². The fourth-order valence-corrected chi connectivity index (χ4v) is 3.66. The van der Waals surface area contributed by atoms with Gasteiger partial charge in [-0.25, -0.2) is 0 Å². The van der Waals surface area contributed by atoms with Gasteiger partial charge in [0.05, 0.1) is 0 Å². The van der Waals surface area contributed by atoms with E-state index in [0.29, 0.717) is 23.0 Å². The molecule has 15 heavy (non-hydrogen) atoms. The number of allylic oxidation sites excluding steroid dienone is 2. The predicted octanol–water partition coefficient (Wildman–Crippen LogP) is 3.59. The average molecular weight is 206 g/mol. The van der Waals surface area contributed by atoms with Gasteiger partial charge in [0, 0.05) is 5.92 Å². The van der Waals surface area contributed by atoms with Gasteiger partial charge < -0.3 is 0 Å². The minimum absolute atomic E-state index is 0.301. The minimum Gasteiger partial charge on any atom is -0.300 e. The van der Waals surface area contributed by atoms with Gasteiger partial charge in [0.25, 0.3) is 0 Å². The number of carbonyl (C=O) groups excluding carboxylic acids is 1. The molecule has 0 aromatic rings. The van der Waals surface area contributed by atoms with Crippen LogP contribution in [0.1, 0.15) is 47.0 Å². The van der Waals surface area contributed by atoms with Crippen molar-refractivity contribution in [2.45, 2.75) is 47.0 Å². The molecule has 1 fully saturated rings. The Morgan fingerprint density at radius 2 is 2.13 bits per heavy atom. The first-order valence-electron chi connectivity index (χ1n) is 6.13. The van der Waals surface area contributed by atoms with Crippen LogP contribution in [0.4, 0.5) is 0 Å². The fourth-order valence-electron chi connectivity index (χ4n) is 3.66. The summed E-state index contributed by atoms with van der Waals surface area (Å²) in [5.74, 6) is 2.12. The van der Waals surface area contributed by atoms with E-state index in [4.69, 9.17) is 0 Å². The van der Waals surface area contributed by atoms with Gasteiger partial charge in [-0.2, -0.15) is 0 Å². The quantitative estimate of drug-likeness (QED) is 0.599. The van der Waals surface area contributed by atoms with Crippen LogP contribution in [0.3, 0.4) is 0 Å². The second kappa shape index (κ2) is 3.47. The molecule has 0 aromatic heterocycles. The molecule has 1 heteroatoms. The van der Waals surface area contributed by atoms with Crippen molar-refractivity contribution in [3.8, 4) is 0 Å². The van der Waals surface area contributed by atoms with E-state index in [-0.39, 0.29) is 0 Å². The highest BCUT2D eigenvalue weighted by molar-refractivity contribution is 5.78. The van der Waals surface area contributed by atoms with Crippen molar-refractivity contribution in [1.29, 1.82) is 0 Å². The molecule has 0 aliphatic heterocycles. The van der Waals surface area contributed by atoms with Gasteiger partial charge in [0.2, 0.25) is 0 Å². The molecule has 0 aromatic carbocycles. The molecule has 0 heterocycles. The third-order valence-electron chi connectivity index (χ3n) is 4.44. The second-order valence-electron chi connectivity index (χ2n) is 6.11. The zero-order chi connectivity index (χ0) is 11.2. The van der Waals surface area contributed by atoms with Crippen LogP contribution in [0.15, 0.2) is 11.6 Å². The van der Waals surface area contributed by atoms with Crippen LogP contribution in [0.5, 0.6) is 0 Å². The topological polar surface area (TPSA) is 17.1 Å². The molecule has 0 spiro atoms. The Kier molecular flexibility index (Phi) is 2.52. The molecule has 1 nitrogen and oxygen atoms in total. The summed E-state index contributed by atoms with van der Waals surface area (Å²) >= 11 is 0. The minimum atomic E-state index is 0.301. The summed E-state index contributed by atoms with van der Waals surface area (Å²) in [6.45, 7) is 8.79.